The summed E-state index contributed by atoms with van der Waals surface area (Å²) in [5.41, 5.74) is -0.388. The van der Waals surface area contributed by atoms with Crippen LogP contribution in [-0.4, -0.2) is 28.6 Å². The molecule has 5 nitrogen and oxygen atoms in total. The molecule has 0 unspecified atom stereocenters. The summed E-state index contributed by atoms with van der Waals surface area (Å²) in [6, 6.07) is 12.4. The number of hydrogen-bond donors (Lipinski definition) is 1. The molecular formula is C26H31Cl2N3O2. The van der Waals surface area contributed by atoms with Gasteiger partial charge in [-0.25, -0.2) is 4.98 Å². The Morgan fingerprint density at radius 1 is 1.18 bits per heavy atom. The summed E-state index contributed by atoms with van der Waals surface area (Å²) in [5, 5.41) is 15.2. The maximum atomic E-state index is 13.5. The summed E-state index contributed by atoms with van der Waals surface area (Å²) >= 11 is 12.4. The zero-order valence-electron chi connectivity index (χ0n) is 19.9. The molecule has 0 aliphatic carbocycles. The van der Waals surface area contributed by atoms with Gasteiger partial charge in [-0.05, 0) is 61.9 Å². The Morgan fingerprint density at radius 3 is 2.39 bits per heavy atom. The summed E-state index contributed by atoms with van der Waals surface area (Å²) < 4.78 is 5.79. The lowest BCUT2D eigenvalue weighted by atomic mass is 9.63. The smallest absolute Gasteiger partial charge is 0.324 e. The van der Waals surface area contributed by atoms with Gasteiger partial charge in [0.15, 0.2) is 0 Å². The molecule has 1 N–H and O–H groups in total. The fourth-order valence-electron chi connectivity index (χ4n) is 4.69. The molecule has 2 heterocycles. The van der Waals surface area contributed by atoms with Gasteiger partial charge in [0.1, 0.15) is 22.2 Å². The molecule has 176 valence electrons. The number of nitrogens with zero attached hydrogens (tertiary/aromatic N) is 2. The normalized spacial score (nSPS) is 25.5. The Morgan fingerprint density at radius 2 is 1.88 bits per heavy atom. The van der Waals surface area contributed by atoms with Crippen molar-refractivity contribution in [1.29, 1.82) is 5.26 Å². The van der Waals surface area contributed by atoms with E-state index in [4.69, 9.17) is 27.9 Å². The molecule has 1 aromatic carbocycles. The Balaban J connectivity index is 2.27. The molecule has 0 saturated carbocycles. The summed E-state index contributed by atoms with van der Waals surface area (Å²) in [7, 11) is 0. The highest BCUT2D eigenvalue weighted by molar-refractivity contribution is 6.30. The van der Waals surface area contributed by atoms with Gasteiger partial charge in [-0.15, -0.1) is 0 Å². The number of rotatable bonds is 4. The molecule has 0 bridgehead atoms. The van der Waals surface area contributed by atoms with Gasteiger partial charge in [0.05, 0.1) is 6.07 Å². The van der Waals surface area contributed by atoms with E-state index in [9.17, 15) is 10.1 Å². The quantitative estimate of drug-likeness (QED) is 0.419. The zero-order valence-corrected chi connectivity index (χ0v) is 21.5. The second kappa shape index (κ2) is 9.25. The van der Waals surface area contributed by atoms with E-state index in [1.54, 1.807) is 18.3 Å². The van der Waals surface area contributed by atoms with Gasteiger partial charge in [-0.1, -0.05) is 62.2 Å². The number of ether oxygens (including phenoxy) is 1. The van der Waals surface area contributed by atoms with Crippen LogP contribution in [-0.2, 0) is 14.9 Å². The molecule has 0 amide bonds. The number of nitriles is 1. The third kappa shape index (κ3) is 5.51. The molecule has 1 aliphatic heterocycles. The van der Waals surface area contributed by atoms with Crippen LogP contribution in [0.4, 0.5) is 0 Å². The Bertz CT molecular complexity index is 1050. The number of halogens is 2. The highest BCUT2D eigenvalue weighted by atomic mass is 35.5. The predicted molar refractivity (Wildman–Crippen MR) is 131 cm³/mol. The van der Waals surface area contributed by atoms with Gasteiger partial charge in [-0.3, -0.25) is 10.1 Å². The number of carbonyl (C=O) groups excluding carboxylic acids is 1. The third-order valence-corrected chi connectivity index (χ3v) is 6.29. The number of nitrogens with one attached hydrogen (secondary N) is 1. The van der Waals surface area contributed by atoms with Crippen molar-refractivity contribution in [3.05, 3.63) is 63.9 Å². The van der Waals surface area contributed by atoms with Gasteiger partial charge in [0.25, 0.3) is 0 Å². The first-order valence-electron chi connectivity index (χ1n) is 11.0. The highest BCUT2D eigenvalue weighted by Crippen LogP contribution is 2.51. The van der Waals surface area contributed by atoms with Crippen LogP contribution in [0.1, 0.15) is 65.0 Å². The van der Waals surface area contributed by atoms with E-state index in [0.717, 1.165) is 5.56 Å². The molecule has 33 heavy (non-hydrogen) atoms. The van der Waals surface area contributed by atoms with Gasteiger partial charge >= 0.3 is 5.97 Å². The van der Waals surface area contributed by atoms with Gasteiger partial charge < -0.3 is 4.74 Å². The standard InChI is InChI=1S/C26H31Cl2N3O2/c1-24(2,3)13-19-26(15-29,17-10-11-20(28)30-14-17)21(16-8-7-9-18(27)12-16)22(31-19)23(32)33-25(4,5)6/h7-12,14,19,21-22,31H,13H2,1-6H3/t19-,21-,22+,26-/m0/s1. The van der Waals surface area contributed by atoms with E-state index in [-0.39, 0.29) is 11.5 Å². The van der Waals surface area contributed by atoms with Crippen molar-refractivity contribution in [2.75, 3.05) is 0 Å². The van der Waals surface area contributed by atoms with Crippen LogP contribution in [0, 0.1) is 16.7 Å². The molecule has 2 aromatic rings. The first kappa shape index (κ1) is 25.5. The average Bonchev–Trinajstić information content (AvgIpc) is 3.00. The molecule has 7 heteroatoms. The number of carbonyl (C=O) groups is 1. The lowest BCUT2D eigenvalue weighted by Crippen LogP contribution is -2.44. The second-order valence-corrected chi connectivity index (χ2v) is 11.7. The van der Waals surface area contributed by atoms with Crippen molar-refractivity contribution in [2.45, 2.75) is 77.0 Å². The van der Waals surface area contributed by atoms with E-state index in [1.807, 2.05) is 45.0 Å². The monoisotopic (exact) mass is 487 g/mol. The molecule has 1 aliphatic rings. The zero-order chi connectivity index (χ0) is 24.6. The SMILES string of the molecule is CC(C)(C)C[C@@H]1N[C@@H](C(=O)OC(C)(C)C)[C@H](c2cccc(Cl)c2)[C@@]1(C#N)c1ccc(Cl)nc1. The third-order valence-electron chi connectivity index (χ3n) is 5.83. The lowest BCUT2D eigenvalue weighted by Gasteiger charge is -2.37. The van der Waals surface area contributed by atoms with E-state index in [2.05, 4.69) is 37.1 Å². The fraction of sp³-hybridized carbons (Fsp3) is 0.500. The van der Waals surface area contributed by atoms with Crippen molar-refractivity contribution in [1.82, 2.24) is 10.3 Å². The number of pyridine rings is 1. The first-order valence-corrected chi connectivity index (χ1v) is 11.8. The summed E-state index contributed by atoms with van der Waals surface area (Å²) in [6.45, 7) is 11.9. The first-order chi connectivity index (χ1) is 15.3. The van der Waals surface area contributed by atoms with Crippen LogP contribution in [0.5, 0.6) is 0 Å². The van der Waals surface area contributed by atoms with Crippen molar-refractivity contribution >= 4 is 29.2 Å². The lowest BCUT2D eigenvalue weighted by molar-refractivity contribution is -0.157. The largest absolute Gasteiger partial charge is 0.459 e. The Kier molecular flexibility index (Phi) is 7.15. The van der Waals surface area contributed by atoms with Crippen LogP contribution < -0.4 is 5.32 Å². The van der Waals surface area contributed by atoms with Crippen LogP contribution in [0.15, 0.2) is 42.6 Å². The van der Waals surface area contributed by atoms with E-state index in [0.29, 0.717) is 22.2 Å². The summed E-state index contributed by atoms with van der Waals surface area (Å²) in [4.78, 5) is 17.7. The number of benzene rings is 1. The maximum Gasteiger partial charge on any atom is 0.324 e. The molecule has 3 rings (SSSR count). The van der Waals surface area contributed by atoms with E-state index in [1.165, 1.54) is 0 Å². The minimum absolute atomic E-state index is 0.110. The van der Waals surface area contributed by atoms with Crippen LogP contribution >= 0.6 is 23.2 Å². The van der Waals surface area contributed by atoms with Crippen molar-refractivity contribution < 1.29 is 9.53 Å². The van der Waals surface area contributed by atoms with Crippen LogP contribution in [0.25, 0.3) is 0 Å². The van der Waals surface area contributed by atoms with Gasteiger partial charge in [0, 0.05) is 23.2 Å². The minimum Gasteiger partial charge on any atom is -0.459 e. The summed E-state index contributed by atoms with van der Waals surface area (Å²) in [5.74, 6) is -0.947. The molecule has 1 saturated heterocycles. The second-order valence-electron chi connectivity index (χ2n) is 10.9. The number of aromatic nitrogens is 1. The predicted octanol–water partition coefficient (Wildman–Crippen LogP) is 6.05. The van der Waals surface area contributed by atoms with Crippen molar-refractivity contribution in [3.63, 3.8) is 0 Å². The number of hydrogen-bond acceptors (Lipinski definition) is 5. The van der Waals surface area contributed by atoms with E-state index >= 15 is 0 Å². The van der Waals surface area contributed by atoms with E-state index < -0.39 is 28.9 Å². The maximum absolute atomic E-state index is 13.5. The Hall–Kier alpha value is -2.13. The molecule has 1 fully saturated rings. The minimum atomic E-state index is -1.10. The van der Waals surface area contributed by atoms with Crippen LogP contribution in [0.2, 0.25) is 10.2 Å². The molecule has 0 spiro atoms. The fourth-order valence-corrected chi connectivity index (χ4v) is 5.00. The van der Waals surface area contributed by atoms with Gasteiger partial charge in [-0.2, -0.15) is 5.26 Å². The molecule has 1 aromatic heterocycles. The Labute approximate surface area is 206 Å². The molecule has 4 atom stereocenters. The molecule has 0 radical (unpaired) electrons. The average molecular weight is 488 g/mol. The topological polar surface area (TPSA) is 75.0 Å². The van der Waals surface area contributed by atoms with Crippen LogP contribution in [0.3, 0.4) is 0 Å². The van der Waals surface area contributed by atoms with Gasteiger partial charge in [0.2, 0.25) is 0 Å². The number of esters is 1. The summed E-state index contributed by atoms with van der Waals surface area (Å²) in [6.07, 6.45) is 2.29. The highest BCUT2D eigenvalue weighted by Gasteiger charge is 2.60. The van der Waals surface area contributed by atoms with Crippen molar-refractivity contribution in [2.24, 2.45) is 5.41 Å². The molecular weight excluding hydrogens is 457 g/mol. The van der Waals surface area contributed by atoms with Crippen molar-refractivity contribution in [3.8, 4) is 6.07 Å².